The van der Waals surface area contributed by atoms with E-state index in [1.165, 1.54) is 4.88 Å². The SMILES string of the molecule is CCN(Cc1cccs1)c1ccc(CN)c(Cl)c1. The molecule has 2 N–H and O–H groups in total. The van der Waals surface area contributed by atoms with Gasteiger partial charge in [0, 0.05) is 28.7 Å². The van der Waals surface area contributed by atoms with Gasteiger partial charge in [0.1, 0.15) is 0 Å². The topological polar surface area (TPSA) is 29.3 Å². The summed E-state index contributed by atoms with van der Waals surface area (Å²) in [6.45, 7) is 4.51. The van der Waals surface area contributed by atoms with Gasteiger partial charge in [0.15, 0.2) is 0 Å². The maximum atomic E-state index is 6.21. The molecule has 0 saturated carbocycles. The van der Waals surface area contributed by atoms with E-state index >= 15 is 0 Å². The van der Waals surface area contributed by atoms with Gasteiger partial charge in [-0.1, -0.05) is 23.7 Å². The second-order valence-electron chi connectivity index (χ2n) is 4.07. The van der Waals surface area contributed by atoms with Crippen molar-refractivity contribution in [2.24, 2.45) is 5.73 Å². The van der Waals surface area contributed by atoms with Crippen molar-refractivity contribution in [2.45, 2.75) is 20.0 Å². The zero-order valence-corrected chi connectivity index (χ0v) is 12.0. The standard InChI is InChI=1S/C14H17ClN2S/c1-2-17(10-13-4-3-7-18-13)12-6-5-11(9-16)14(15)8-12/h3-8H,2,9-10,16H2,1H3. The predicted octanol–water partition coefficient (Wildman–Crippen LogP) is 3.89. The predicted molar refractivity (Wildman–Crippen MR) is 80.4 cm³/mol. The van der Waals surface area contributed by atoms with E-state index in [1.54, 1.807) is 11.3 Å². The van der Waals surface area contributed by atoms with Gasteiger partial charge in [-0.05, 0) is 36.1 Å². The minimum absolute atomic E-state index is 0.482. The van der Waals surface area contributed by atoms with Crippen LogP contribution in [-0.4, -0.2) is 6.54 Å². The van der Waals surface area contributed by atoms with E-state index in [-0.39, 0.29) is 0 Å². The van der Waals surface area contributed by atoms with E-state index in [9.17, 15) is 0 Å². The quantitative estimate of drug-likeness (QED) is 0.900. The molecule has 0 aliphatic carbocycles. The molecule has 0 aliphatic rings. The number of hydrogen-bond donors (Lipinski definition) is 1. The summed E-state index contributed by atoms with van der Waals surface area (Å²) in [6.07, 6.45) is 0. The molecule has 0 radical (unpaired) electrons. The van der Waals surface area contributed by atoms with Crippen LogP contribution in [0, 0.1) is 0 Å². The number of thiophene rings is 1. The van der Waals surface area contributed by atoms with Crippen molar-refractivity contribution in [1.29, 1.82) is 0 Å². The Morgan fingerprint density at radius 3 is 2.72 bits per heavy atom. The van der Waals surface area contributed by atoms with Gasteiger partial charge in [-0.25, -0.2) is 0 Å². The smallest absolute Gasteiger partial charge is 0.0522 e. The molecule has 0 aliphatic heterocycles. The summed E-state index contributed by atoms with van der Waals surface area (Å²) in [5, 5.41) is 2.85. The number of rotatable bonds is 5. The first-order chi connectivity index (χ1) is 8.74. The number of nitrogens with two attached hydrogens (primary N) is 1. The number of hydrogen-bond acceptors (Lipinski definition) is 3. The van der Waals surface area contributed by atoms with Crippen molar-refractivity contribution in [3.05, 3.63) is 51.2 Å². The maximum Gasteiger partial charge on any atom is 0.0522 e. The molecule has 0 fully saturated rings. The fourth-order valence-electron chi connectivity index (χ4n) is 1.87. The highest BCUT2D eigenvalue weighted by Crippen LogP contribution is 2.25. The van der Waals surface area contributed by atoms with Gasteiger partial charge in [0.05, 0.1) is 6.54 Å². The minimum atomic E-state index is 0.482. The summed E-state index contributed by atoms with van der Waals surface area (Å²) in [6, 6.07) is 10.3. The third-order valence-corrected chi connectivity index (χ3v) is 4.14. The summed E-state index contributed by atoms with van der Waals surface area (Å²) < 4.78 is 0. The van der Waals surface area contributed by atoms with E-state index in [1.807, 2.05) is 12.1 Å². The van der Waals surface area contributed by atoms with Crippen LogP contribution in [0.2, 0.25) is 5.02 Å². The fourth-order valence-corrected chi connectivity index (χ4v) is 2.85. The Labute approximate surface area is 117 Å². The Bertz CT molecular complexity index is 497. The zero-order chi connectivity index (χ0) is 13.0. The molecule has 0 atom stereocenters. The molecule has 0 bridgehead atoms. The van der Waals surface area contributed by atoms with E-state index in [2.05, 4.69) is 35.4 Å². The van der Waals surface area contributed by atoms with Crippen LogP contribution in [0.3, 0.4) is 0 Å². The number of halogens is 1. The van der Waals surface area contributed by atoms with Crippen molar-refractivity contribution >= 4 is 28.6 Å². The zero-order valence-electron chi connectivity index (χ0n) is 10.4. The summed E-state index contributed by atoms with van der Waals surface area (Å²) in [7, 11) is 0. The first-order valence-corrected chi connectivity index (χ1v) is 7.26. The fraction of sp³-hybridized carbons (Fsp3) is 0.286. The third-order valence-electron chi connectivity index (χ3n) is 2.93. The lowest BCUT2D eigenvalue weighted by Gasteiger charge is -2.23. The number of nitrogens with zero attached hydrogens (tertiary/aromatic N) is 1. The molecule has 2 nitrogen and oxygen atoms in total. The van der Waals surface area contributed by atoms with Crippen molar-refractivity contribution in [1.82, 2.24) is 0 Å². The molecule has 96 valence electrons. The number of benzene rings is 1. The Balaban J connectivity index is 2.19. The third kappa shape index (κ3) is 3.05. The molecular formula is C14H17ClN2S. The van der Waals surface area contributed by atoms with Crippen LogP contribution in [0.15, 0.2) is 35.7 Å². The molecular weight excluding hydrogens is 264 g/mol. The Kier molecular flexibility index (Phi) is 4.64. The van der Waals surface area contributed by atoms with Crippen LogP contribution >= 0.6 is 22.9 Å². The molecule has 2 rings (SSSR count). The van der Waals surface area contributed by atoms with E-state index < -0.39 is 0 Å². The van der Waals surface area contributed by atoms with Crippen molar-refractivity contribution < 1.29 is 0 Å². The second-order valence-corrected chi connectivity index (χ2v) is 5.51. The van der Waals surface area contributed by atoms with Gasteiger partial charge in [0.2, 0.25) is 0 Å². The average Bonchev–Trinajstić information content (AvgIpc) is 2.88. The van der Waals surface area contributed by atoms with Crippen molar-refractivity contribution in [3.63, 3.8) is 0 Å². The monoisotopic (exact) mass is 280 g/mol. The van der Waals surface area contributed by atoms with Gasteiger partial charge in [-0.15, -0.1) is 11.3 Å². The highest BCUT2D eigenvalue weighted by atomic mass is 35.5. The lowest BCUT2D eigenvalue weighted by Crippen LogP contribution is -2.21. The Morgan fingerprint density at radius 1 is 1.33 bits per heavy atom. The Morgan fingerprint density at radius 2 is 2.17 bits per heavy atom. The molecule has 0 unspecified atom stereocenters. The van der Waals surface area contributed by atoms with Crippen LogP contribution < -0.4 is 10.6 Å². The largest absolute Gasteiger partial charge is 0.367 e. The minimum Gasteiger partial charge on any atom is -0.367 e. The molecule has 18 heavy (non-hydrogen) atoms. The van der Waals surface area contributed by atoms with Crippen LogP contribution in [0.4, 0.5) is 5.69 Å². The summed E-state index contributed by atoms with van der Waals surface area (Å²) in [5.41, 5.74) is 7.76. The molecule has 1 aromatic carbocycles. The van der Waals surface area contributed by atoms with Gasteiger partial charge in [-0.3, -0.25) is 0 Å². The Hall–Kier alpha value is -1.03. The second kappa shape index (κ2) is 6.23. The summed E-state index contributed by atoms with van der Waals surface area (Å²) >= 11 is 7.99. The van der Waals surface area contributed by atoms with Crippen LogP contribution in [0.5, 0.6) is 0 Å². The summed E-state index contributed by atoms with van der Waals surface area (Å²) in [5.74, 6) is 0. The maximum absolute atomic E-state index is 6.21. The molecule has 0 spiro atoms. The van der Waals surface area contributed by atoms with Crippen LogP contribution in [0.1, 0.15) is 17.4 Å². The molecule has 0 amide bonds. The molecule has 2 aromatic rings. The van der Waals surface area contributed by atoms with Gasteiger partial charge < -0.3 is 10.6 Å². The van der Waals surface area contributed by atoms with E-state index in [0.29, 0.717) is 6.54 Å². The van der Waals surface area contributed by atoms with Crippen LogP contribution in [0.25, 0.3) is 0 Å². The molecule has 0 saturated heterocycles. The highest BCUT2D eigenvalue weighted by Gasteiger charge is 2.08. The molecule has 1 heterocycles. The van der Waals surface area contributed by atoms with Gasteiger partial charge >= 0.3 is 0 Å². The average molecular weight is 281 g/mol. The van der Waals surface area contributed by atoms with Gasteiger partial charge in [-0.2, -0.15) is 0 Å². The van der Waals surface area contributed by atoms with E-state index in [4.69, 9.17) is 17.3 Å². The van der Waals surface area contributed by atoms with Crippen molar-refractivity contribution in [3.8, 4) is 0 Å². The van der Waals surface area contributed by atoms with Gasteiger partial charge in [0.25, 0.3) is 0 Å². The van der Waals surface area contributed by atoms with Crippen molar-refractivity contribution in [2.75, 3.05) is 11.4 Å². The van der Waals surface area contributed by atoms with E-state index in [0.717, 1.165) is 29.4 Å². The first kappa shape index (κ1) is 13.4. The highest BCUT2D eigenvalue weighted by molar-refractivity contribution is 7.09. The molecule has 4 heteroatoms. The first-order valence-electron chi connectivity index (χ1n) is 6.00. The lowest BCUT2D eigenvalue weighted by molar-refractivity contribution is 0.842. The molecule has 1 aromatic heterocycles. The normalized spacial score (nSPS) is 10.6. The van der Waals surface area contributed by atoms with Crippen LogP contribution in [-0.2, 0) is 13.1 Å². The lowest BCUT2D eigenvalue weighted by atomic mass is 10.2. The number of anilines is 1. The summed E-state index contributed by atoms with van der Waals surface area (Å²) in [4.78, 5) is 3.66.